The standard InChI is InChI=1S/C24H20ClF5N9O2/c1-13-31-12-38(34-13)15-8-32-36(10-15)18(6-7-41-24(29)30)19-4-2-14(9-39(19)40)21-20(5-3-16(25)22(21)26)37-11-17(23(27)28)33-35-37/h2-5,8-12,18,23-24,40H,6-7H2,1H3/q+1/t18-/m1/s1. The third kappa shape index (κ3) is 5.88. The molecule has 41 heavy (non-hydrogen) atoms. The quantitative estimate of drug-likeness (QED) is 0.144. The topological polar surface area (TPSA) is 113 Å². The van der Waals surface area contributed by atoms with E-state index < -0.39 is 30.6 Å². The monoisotopic (exact) mass is 596 g/mol. The number of rotatable bonds is 10. The fourth-order valence-electron chi connectivity index (χ4n) is 4.18. The van der Waals surface area contributed by atoms with Crippen LogP contribution >= 0.6 is 11.6 Å². The second-order valence-electron chi connectivity index (χ2n) is 8.68. The molecular weight excluding hydrogens is 577 g/mol. The maximum absolute atomic E-state index is 15.3. The fraction of sp³-hybridized carbons (Fsp3) is 0.250. The minimum absolute atomic E-state index is 0.0285. The van der Waals surface area contributed by atoms with Crippen molar-refractivity contribution in [1.29, 1.82) is 0 Å². The fourth-order valence-corrected chi connectivity index (χ4v) is 4.34. The highest BCUT2D eigenvalue weighted by Gasteiger charge is 2.29. The smallest absolute Gasteiger partial charge is 0.323 e. The molecule has 17 heteroatoms. The molecular formula is C24H20ClF5N9O2+. The molecule has 0 aliphatic rings. The largest absolute Gasteiger partial charge is 0.345 e. The first-order chi connectivity index (χ1) is 19.6. The van der Waals surface area contributed by atoms with Gasteiger partial charge in [-0.25, -0.2) is 27.5 Å². The zero-order valence-corrected chi connectivity index (χ0v) is 21.7. The Morgan fingerprint density at radius 3 is 2.56 bits per heavy atom. The van der Waals surface area contributed by atoms with Crippen LogP contribution in [0.4, 0.5) is 22.0 Å². The Balaban J connectivity index is 1.54. The molecule has 4 aromatic heterocycles. The Hall–Kier alpha value is -4.44. The van der Waals surface area contributed by atoms with E-state index >= 15 is 4.39 Å². The van der Waals surface area contributed by atoms with Gasteiger partial charge in [0.1, 0.15) is 29.6 Å². The molecule has 4 heterocycles. The summed E-state index contributed by atoms with van der Waals surface area (Å²) >= 11 is 6.01. The summed E-state index contributed by atoms with van der Waals surface area (Å²) in [6.07, 6.45) is 3.70. The average Bonchev–Trinajstić information content (AvgIpc) is 3.69. The summed E-state index contributed by atoms with van der Waals surface area (Å²) in [4.78, 5) is 4.06. The van der Waals surface area contributed by atoms with Gasteiger partial charge in [0.05, 0.1) is 47.0 Å². The van der Waals surface area contributed by atoms with Crippen molar-refractivity contribution >= 4 is 11.6 Å². The third-order valence-corrected chi connectivity index (χ3v) is 6.35. The molecule has 0 unspecified atom stereocenters. The maximum Gasteiger partial charge on any atom is 0.345 e. The van der Waals surface area contributed by atoms with Crippen molar-refractivity contribution in [2.24, 2.45) is 0 Å². The Morgan fingerprint density at radius 2 is 1.90 bits per heavy atom. The molecule has 0 aliphatic heterocycles. The van der Waals surface area contributed by atoms with Gasteiger partial charge in [0.15, 0.2) is 5.82 Å². The van der Waals surface area contributed by atoms with Gasteiger partial charge in [0.25, 0.3) is 12.1 Å². The second kappa shape index (κ2) is 11.6. The second-order valence-corrected chi connectivity index (χ2v) is 9.09. The summed E-state index contributed by atoms with van der Waals surface area (Å²) in [6, 6.07) is 4.64. The molecule has 0 radical (unpaired) electrons. The summed E-state index contributed by atoms with van der Waals surface area (Å²) in [5.41, 5.74) is 0.0577. The first-order valence-electron chi connectivity index (χ1n) is 11.9. The maximum atomic E-state index is 15.3. The molecule has 0 bridgehead atoms. The van der Waals surface area contributed by atoms with E-state index in [9.17, 15) is 22.8 Å². The van der Waals surface area contributed by atoms with Crippen LogP contribution in [-0.4, -0.2) is 58.0 Å². The van der Waals surface area contributed by atoms with Crippen LogP contribution in [0.5, 0.6) is 0 Å². The Kier molecular flexibility index (Phi) is 7.94. The van der Waals surface area contributed by atoms with Gasteiger partial charge in [-0.05, 0) is 25.1 Å². The molecule has 0 aliphatic carbocycles. The van der Waals surface area contributed by atoms with E-state index in [4.69, 9.17) is 11.6 Å². The van der Waals surface area contributed by atoms with Crippen LogP contribution in [0, 0.1) is 12.7 Å². The number of alkyl halides is 4. The van der Waals surface area contributed by atoms with E-state index in [2.05, 4.69) is 30.2 Å². The first kappa shape index (κ1) is 28.1. The molecule has 0 amide bonds. The number of hydrogen-bond acceptors (Lipinski definition) is 7. The van der Waals surface area contributed by atoms with E-state index in [1.54, 1.807) is 13.1 Å². The molecule has 214 valence electrons. The number of aromatic nitrogens is 9. The summed E-state index contributed by atoms with van der Waals surface area (Å²) < 4.78 is 75.9. The van der Waals surface area contributed by atoms with Crippen LogP contribution in [0.25, 0.3) is 22.5 Å². The molecule has 0 saturated carbocycles. The summed E-state index contributed by atoms with van der Waals surface area (Å²) in [7, 11) is 0. The zero-order chi connectivity index (χ0) is 29.3. The van der Waals surface area contributed by atoms with E-state index in [-0.39, 0.29) is 40.6 Å². The van der Waals surface area contributed by atoms with Crippen molar-refractivity contribution in [2.45, 2.75) is 32.4 Å². The van der Waals surface area contributed by atoms with Gasteiger partial charge in [-0.2, -0.15) is 19.0 Å². The molecule has 5 rings (SSSR count). The highest BCUT2D eigenvalue weighted by Crippen LogP contribution is 2.34. The van der Waals surface area contributed by atoms with Crippen molar-refractivity contribution in [3.63, 3.8) is 0 Å². The lowest BCUT2D eigenvalue weighted by atomic mass is 10.0. The van der Waals surface area contributed by atoms with Gasteiger partial charge in [0.2, 0.25) is 6.20 Å². The van der Waals surface area contributed by atoms with Crippen LogP contribution in [-0.2, 0) is 4.74 Å². The van der Waals surface area contributed by atoms with Crippen molar-refractivity contribution in [3.05, 3.63) is 83.4 Å². The Labute approximate surface area is 233 Å². The lowest BCUT2D eigenvalue weighted by Gasteiger charge is -2.15. The van der Waals surface area contributed by atoms with E-state index in [1.165, 1.54) is 46.2 Å². The van der Waals surface area contributed by atoms with Gasteiger partial charge in [-0.1, -0.05) is 16.8 Å². The van der Waals surface area contributed by atoms with Gasteiger partial charge in [-0.3, -0.25) is 9.89 Å². The molecule has 5 aromatic rings. The molecule has 11 nitrogen and oxygen atoms in total. The van der Waals surface area contributed by atoms with Crippen LogP contribution in [0.2, 0.25) is 5.02 Å². The molecule has 0 fully saturated rings. The van der Waals surface area contributed by atoms with Crippen LogP contribution < -0.4 is 4.73 Å². The first-order valence-corrected chi connectivity index (χ1v) is 12.3. The van der Waals surface area contributed by atoms with Crippen LogP contribution in [0.3, 0.4) is 0 Å². The predicted molar refractivity (Wildman–Crippen MR) is 131 cm³/mol. The zero-order valence-electron chi connectivity index (χ0n) is 21.0. The van der Waals surface area contributed by atoms with Gasteiger partial charge in [0, 0.05) is 17.2 Å². The van der Waals surface area contributed by atoms with Crippen LogP contribution in [0.15, 0.2) is 55.4 Å². The highest BCUT2D eigenvalue weighted by molar-refractivity contribution is 6.31. The third-order valence-electron chi connectivity index (χ3n) is 6.06. The number of halogens is 6. The molecule has 0 saturated heterocycles. The SMILES string of the molecule is Cc1ncn(-c2cnn([C@H](CCOC(F)F)c3ccc(-c4c(-n5cc(C(F)F)nn5)ccc(Cl)c4F)c[n+]3O)c2)n1. The Morgan fingerprint density at radius 1 is 1.10 bits per heavy atom. The van der Waals surface area contributed by atoms with Gasteiger partial charge >= 0.3 is 6.61 Å². The lowest BCUT2D eigenvalue weighted by molar-refractivity contribution is -0.910. The average molecular weight is 597 g/mol. The van der Waals surface area contributed by atoms with Gasteiger partial charge < -0.3 is 4.74 Å². The summed E-state index contributed by atoms with van der Waals surface area (Å²) in [6.45, 7) is -1.68. The summed E-state index contributed by atoms with van der Waals surface area (Å²) in [5, 5.41) is 26.3. The molecule has 1 atom stereocenters. The lowest BCUT2D eigenvalue weighted by Crippen LogP contribution is -2.38. The van der Waals surface area contributed by atoms with Gasteiger partial charge in [-0.15, -0.1) is 5.10 Å². The van der Waals surface area contributed by atoms with E-state index in [1.807, 2.05) is 0 Å². The Bertz CT molecular complexity index is 1670. The number of benzene rings is 1. The number of nitrogens with zero attached hydrogens (tertiary/aromatic N) is 9. The van der Waals surface area contributed by atoms with Crippen molar-refractivity contribution in [3.8, 4) is 22.5 Å². The normalized spacial score (nSPS) is 12.5. The number of aryl methyl sites for hydroxylation is 1. The number of hydrogen-bond donors (Lipinski definition) is 1. The highest BCUT2D eigenvalue weighted by atomic mass is 35.5. The minimum atomic E-state index is -3.00. The number of pyridine rings is 1. The molecule has 1 aromatic carbocycles. The summed E-state index contributed by atoms with van der Waals surface area (Å²) in [5.74, 6) is -0.375. The predicted octanol–water partition coefficient (Wildman–Crippen LogP) is 4.49. The van der Waals surface area contributed by atoms with Crippen molar-refractivity contribution in [2.75, 3.05) is 6.61 Å². The minimum Gasteiger partial charge on any atom is -0.323 e. The van der Waals surface area contributed by atoms with Crippen molar-refractivity contribution in [1.82, 2.24) is 39.5 Å². The molecule has 0 spiro atoms. The van der Waals surface area contributed by atoms with Crippen molar-refractivity contribution < 1.29 is 36.6 Å². The van der Waals surface area contributed by atoms with E-state index in [0.717, 1.165) is 17.1 Å². The van der Waals surface area contributed by atoms with Crippen LogP contribution in [0.1, 0.15) is 36.1 Å². The van der Waals surface area contributed by atoms with E-state index in [0.29, 0.717) is 16.2 Å². The molecule has 1 N–H and O–H groups in total. The number of ether oxygens (including phenoxy) is 1.